The average molecular weight is 343 g/mol. The Labute approximate surface area is 145 Å². The zero-order valence-corrected chi connectivity index (χ0v) is 14.3. The van der Waals surface area contributed by atoms with Crippen LogP contribution < -0.4 is 11.1 Å². The van der Waals surface area contributed by atoms with Crippen molar-refractivity contribution in [3.63, 3.8) is 0 Å². The molecule has 4 N–H and O–H groups in total. The lowest BCUT2D eigenvalue weighted by atomic mass is 9.76. The number of aliphatic hydroxyl groups is 1. The molecule has 0 spiro atoms. The summed E-state index contributed by atoms with van der Waals surface area (Å²) < 4.78 is 0. The summed E-state index contributed by atoms with van der Waals surface area (Å²) in [5.74, 6) is -0.532. The molecule has 24 heavy (non-hydrogen) atoms. The summed E-state index contributed by atoms with van der Waals surface area (Å²) in [6.07, 6.45) is 10.5. The minimum atomic E-state index is -0.411. The van der Waals surface area contributed by atoms with E-state index in [1.165, 1.54) is 11.3 Å². The van der Waals surface area contributed by atoms with Gasteiger partial charge in [0.05, 0.1) is 12.5 Å². The van der Waals surface area contributed by atoms with Gasteiger partial charge in [-0.15, -0.1) is 11.3 Å². The summed E-state index contributed by atoms with van der Waals surface area (Å²) in [4.78, 5) is 18.5. The Morgan fingerprint density at radius 3 is 3.08 bits per heavy atom. The van der Waals surface area contributed by atoms with Crippen LogP contribution in [-0.2, 0) is 11.4 Å². The molecule has 2 aliphatic rings. The number of carbonyl (C=O) groups excluding carboxylic acids is 1. The third-order valence-electron chi connectivity index (χ3n) is 4.42. The molecule has 6 heteroatoms. The largest absolute Gasteiger partial charge is 0.391 e. The standard InChI is InChI=1S/C18H21N3O2S/c1-18-6-4-13(8-12(18)5-7-20-11-18)21-17(23)15(9-19)16-3-2-14(10-22)24-16/h2-5,7-8,11,15,22H,6,9-10,19H2,1H3,(H,21,23). The van der Waals surface area contributed by atoms with Crippen LogP contribution in [0.3, 0.4) is 0 Å². The number of hydrogen-bond acceptors (Lipinski definition) is 5. The van der Waals surface area contributed by atoms with Gasteiger partial charge in [-0.1, -0.05) is 13.0 Å². The van der Waals surface area contributed by atoms with Crippen molar-refractivity contribution in [2.24, 2.45) is 16.1 Å². The number of thiophene rings is 1. The molecule has 1 aromatic heterocycles. The fraction of sp³-hybridized carbons (Fsp3) is 0.333. The molecule has 0 bridgehead atoms. The fourth-order valence-corrected chi connectivity index (χ4v) is 3.85. The van der Waals surface area contributed by atoms with Gasteiger partial charge in [-0.2, -0.15) is 0 Å². The van der Waals surface area contributed by atoms with E-state index < -0.39 is 5.92 Å². The van der Waals surface area contributed by atoms with E-state index in [1.54, 1.807) is 6.20 Å². The number of hydrogen-bond donors (Lipinski definition) is 3. The van der Waals surface area contributed by atoms with Crippen LogP contribution in [0.15, 0.2) is 52.8 Å². The molecule has 2 unspecified atom stereocenters. The number of fused-ring (bicyclic) bond motifs is 1. The molecule has 2 atom stereocenters. The Hall–Kier alpha value is -2.02. The Morgan fingerprint density at radius 2 is 2.38 bits per heavy atom. The first kappa shape index (κ1) is 16.8. The summed E-state index contributed by atoms with van der Waals surface area (Å²) >= 11 is 1.42. The summed E-state index contributed by atoms with van der Waals surface area (Å²) in [7, 11) is 0. The quantitative estimate of drug-likeness (QED) is 0.766. The van der Waals surface area contributed by atoms with Crippen LogP contribution in [0.1, 0.15) is 29.0 Å². The van der Waals surface area contributed by atoms with E-state index in [0.29, 0.717) is 0 Å². The zero-order valence-electron chi connectivity index (χ0n) is 13.5. The first-order valence-electron chi connectivity index (χ1n) is 7.89. The van der Waals surface area contributed by atoms with Gasteiger partial charge >= 0.3 is 0 Å². The second kappa shape index (κ2) is 6.84. The van der Waals surface area contributed by atoms with Gasteiger partial charge in [0, 0.05) is 39.8 Å². The van der Waals surface area contributed by atoms with Crippen molar-refractivity contribution in [1.29, 1.82) is 0 Å². The molecule has 2 heterocycles. The Balaban J connectivity index is 1.73. The summed E-state index contributed by atoms with van der Waals surface area (Å²) in [6.45, 7) is 2.34. The molecule has 0 fully saturated rings. The van der Waals surface area contributed by atoms with E-state index >= 15 is 0 Å². The highest BCUT2D eigenvalue weighted by molar-refractivity contribution is 7.12. The Bertz CT molecular complexity index is 760. The SMILES string of the molecule is CC12C=NC=CC1=CC(NC(=O)C(CN)c1ccc(CO)s1)=CC2. The number of rotatable bonds is 5. The van der Waals surface area contributed by atoms with Crippen molar-refractivity contribution in [2.45, 2.75) is 25.9 Å². The highest BCUT2D eigenvalue weighted by Crippen LogP contribution is 2.37. The first-order chi connectivity index (χ1) is 11.6. The second-order valence-corrected chi connectivity index (χ2v) is 7.41. The van der Waals surface area contributed by atoms with Crippen molar-refractivity contribution in [1.82, 2.24) is 5.32 Å². The van der Waals surface area contributed by atoms with Crippen LogP contribution >= 0.6 is 11.3 Å². The topological polar surface area (TPSA) is 87.7 Å². The van der Waals surface area contributed by atoms with Gasteiger partial charge in [0.1, 0.15) is 0 Å². The van der Waals surface area contributed by atoms with Crippen LogP contribution in [0.4, 0.5) is 0 Å². The monoisotopic (exact) mass is 343 g/mol. The second-order valence-electron chi connectivity index (χ2n) is 6.21. The van der Waals surface area contributed by atoms with Crippen molar-refractivity contribution < 1.29 is 9.90 Å². The van der Waals surface area contributed by atoms with Gasteiger partial charge < -0.3 is 16.2 Å². The van der Waals surface area contributed by atoms with Crippen LogP contribution in [0.25, 0.3) is 0 Å². The van der Waals surface area contributed by atoms with Crippen molar-refractivity contribution in [2.75, 3.05) is 6.54 Å². The number of amides is 1. The number of carbonyl (C=O) groups is 1. The van der Waals surface area contributed by atoms with Crippen molar-refractivity contribution >= 4 is 23.5 Å². The minimum absolute atomic E-state index is 0.0205. The van der Waals surface area contributed by atoms with Gasteiger partial charge in [0.15, 0.2) is 0 Å². The van der Waals surface area contributed by atoms with Crippen LogP contribution in [0.2, 0.25) is 0 Å². The van der Waals surface area contributed by atoms with Gasteiger partial charge in [-0.25, -0.2) is 0 Å². The lowest BCUT2D eigenvalue weighted by Crippen LogP contribution is -2.34. The molecular formula is C18H21N3O2S. The predicted octanol–water partition coefficient (Wildman–Crippen LogP) is 2.22. The first-order valence-corrected chi connectivity index (χ1v) is 8.71. The van der Waals surface area contributed by atoms with E-state index in [2.05, 4.69) is 17.2 Å². The van der Waals surface area contributed by atoms with Crippen LogP contribution in [-0.4, -0.2) is 23.8 Å². The molecule has 0 radical (unpaired) electrons. The molecule has 1 amide bonds. The van der Waals surface area contributed by atoms with Gasteiger partial charge in [0.25, 0.3) is 0 Å². The molecule has 0 aromatic carbocycles. The lowest BCUT2D eigenvalue weighted by Gasteiger charge is -2.31. The zero-order chi connectivity index (χ0) is 17.2. The molecule has 3 rings (SSSR count). The maximum atomic E-state index is 12.6. The third kappa shape index (κ3) is 3.26. The highest BCUT2D eigenvalue weighted by atomic mass is 32.1. The van der Waals surface area contributed by atoms with Crippen molar-refractivity contribution in [3.8, 4) is 0 Å². The van der Waals surface area contributed by atoms with E-state index in [9.17, 15) is 9.90 Å². The average Bonchev–Trinajstić information content (AvgIpc) is 3.04. The third-order valence-corrected chi connectivity index (χ3v) is 5.60. The van der Waals surface area contributed by atoms with E-state index in [-0.39, 0.29) is 24.5 Å². The van der Waals surface area contributed by atoms with E-state index in [0.717, 1.165) is 27.4 Å². The minimum Gasteiger partial charge on any atom is -0.391 e. The molecule has 126 valence electrons. The van der Waals surface area contributed by atoms with Crippen molar-refractivity contribution in [3.05, 3.63) is 57.6 Å². The smallest absolute Gasteiger partial charge is 0.234 e. The van der Waals surface area contributed by atoms with Crippen LogP contribution in [0, 0.1) is 5.41 Å². The molecule has 5 nitrogen and oxygen atoms in total. The number of nitrogens with two attached hydrogens (primary N) is 1. The molecule has 0 saturated heterocycles. The van der Waals surface area contributed by atoms with Gasteiger partial charge in [-0.05, 0) is 36.3 Å². The normalized spacial score (nSPS) is 23.3. The van der Waals surface area contributed by atoms with Gasteiger partial charge in [-0.3, -0.25) is 9.79 Å². The Kier molecular flexibility index (Phi) is 4.80. The Morgan fingerprint density at radius 1 is 1.54 bits per heavy atom. The number of allylic oxidation sites excluding steroid dienone is 4. The van der Waals surface area contributed by atoms with E-state index in [4.69, 9.17) is 5.73 Å². The maximum Gasteiger partial charge on any atom is 0.234 e. The lowest BCUT2D eigenvalue weighted by molar-refractivity contribution is -0.121. The van der Waals surface area contributed by atoms with Gasteiger partial charge in [0.2, 0.25) is 5.91 Å². The van der Waals surface area contributed by atoms with Crippen LogP contribution in [0.5, 0.6) is 0 Å². The predicted molar refractivity (Wildman–Crippen MR) is 96.7 cm³/mol. The molecule has 1 aliphatic heterocycles. The summed E-state index contributed by atoms with van der Waals surface area (Å²) in [6, 6.07) is 3.69. The number of aliphatic hydroxyl groups excluding tert-OH is 1. The fourth-order valence-electron chi connectivity index (χ4n) is 2.86. The highest BCUT2D eigenvalue weighted by Gasteiger charge is 2.30. The molecule has 1 aromatic rings. The number of nitrogens with zero attached hydrogens (tertiary/aromatic N) is 1. The number of aliphatic imine (C=N–C) groups is 1. The maximum absolute atomic E-state index is 12.6. The van der Waals surface area contributed by atoms with E-state index in [1.807, 2.05) is 36.6 Å². The summed E-state index contributed by atoms with van der Waals surface area (Å²) in [5, 5.41) is 12.2. The molecular weight excluding hydrogens is 322 g/mol. The molecule has 1 aliphatic carbocycles. The molecule has 0 saturated carbocycles. The number of nitrogens with one attached hydrogen (secondary N) is 1. The summed E-state index contributed by atoms with van der Waals surface area (Å²) in [5.41, 5.74) is 7.64.